The highest BCUT2D eigenvalue weighted by Crippen LogP contribution is 2.46. The predicted octanol–water partition coefficient (Wildman–Crippen LogP) is 3.00. The molecule has 92 valence electrons. The zero-order valence-electron chi connectivity index (χ0n) is 8.38. The maximum atomic E-state index is 12.9. The molecule has 1 rings (SSSR count). The van der Waals surface area contributed by atoms with Crippen molar-refractivity contribution in [3.05, 3.63) is 20.8 Å². The molecular weight excluding hydrogens is 307 g/mol. The molecular formula is C9H11BrF3NOS. The van der Waals surface area contributed by atoms with Gasteiger partial charge in [-0.15, -0.1) is 11.3 Å². The highest BCUT2D eigenvalue weighted by atomic mass is 79.9. The van der Waals surface area contributed by atoms with Crippen molar-refractivity contribution in [3.8, 4) is 0 Å². The van der Waals surface area contributed by atoms with Crippen LogP contribution in [0.2, 0.25) is 0 Å². The largest absolute Gasteiger partial charge is 0.423 e. The summed E-state index contributed by atoms with van der Waals surface area (Å²) in [6, 6.07) is 0.0708. The molecule has 0 radical (unpaired) electrons. The van der Waals surface area contributed by atoms with E-state index >= 15 is 0 Å². The van der Waals surface area contributed by atoms with Crippen LogP contribution >= 0.6 is 27.3 Å². The average molecular weight is 318 g/mol. The minimum absolute atomic E-state index is 0.0281. The summed E-state index contributed by atoms with van der Waals surface area (Å²) in [7, 11) is 0. The van der Waals surface area contributed by atoms with Gasteiger partial charge in [0.2, 0.25) is 5.60 Å². The van der Waals surface area contributed by atoms with Crippen LogP contribution in [0.4, 0.5) is 13.2 Å². The Kier molecular flexibility index (Phi) is 4.04. The lowest BCUT2D eigenvalue weighted by Crippen LogP contribution is -2.55. The number of hydrogen-bond donors (Lipinski definition) is 2. The van der Waals surface area contributed by atoms with Crippen molar-refractivity contribution in [2.24, 2.45) is 5.73 Å². The fourth-order valence-electron chi connectivity index (χ4n) is 1.37. The lowest BCUT2D eigenvalue weighted by molar-refractivity contribution is -0.273. The van der Waals surface area contributed by atoms with Crippen molar-refractivity contribution in [2.45, 2.75) is 31.2 Å². The molecule has 1 aromatic heterocycles. The molecule has 1 heterocycles. The van der Waals surface area contributed by atoms with E-state index in [4.69, 9.17) is 5.73 Å². The molecule has 2 unspecified atom stereocenters. The van der Waals surface area contributed by atoms with Crippen molar-refractivity contribution in [2.75, 3.05) is 0 Å². The van der Waals surface area contributed by atoms with Gasteiger partial charge in [0, 0.05) is 10.5 Å². The Bertz CT molecular complexity index is 368. The van der Waals surface area contributed by atoms with E-state index < -0.39 is 17.8 Å². The zero-order chi connectivity index (χ0) is 12.6. The quantitative estimate of drug-likeness (QED) is 0.900. The zero-order valence-corrected chi connectivity index (χ0v) is 10.8. The Hall–Kier alpha value is -0.110. The second kappa shape index (κ2) is 4.64. The van der Waals surface area contributed by atoms with Gasteiger partial charge in [-0.3, -0.25) is 0 Å². The normalized spacial score (nSPS) is 18.2. The summed E-state index contributed by atoms with van der Waals surface area (Å²) in [5, 5.41) is 11.4. The number of alkyl halides is 3. The van der Waals surface area contributed by atoms with Crippen molar-refractivity contribution >= 4 is 27.3 Å². The van der Waals surface area contributed by atoms with Gasteiger partial charge in [0.05, 0.1) is 4.88 Å². The van der Waals surface area contributed by atoms with Gasteiger partial charge >= 0.3 is 6.18 Å². The maximum absolute atomic E-state index is 12.9. The van der Waals surface area contributed by atoms with Crippen LogP contribution < -0.4 is 5.73 Å². The van der Waals surface area contributed by atoms with E-state index in [1.807, 2.05) is 0 Å². The first-order valence-corrected chi connectivity index (χ1v) is 6.20. The van der Waals surface area contributed by atoms with Crippen LogP contribution in [0.25, 0.3) is 0 Å². The first-order chi connectivity index (χ1) is 7.25. The van der Waals surface area contributed by atoms with Gasteiger partial charge in [-0.05, 0) is 33.8 Å². The van der Waals surface area contributed by atoms with Crippen molar-refractivity contribution in [1.29, 1.82) is 0 Å². The SMILES string of the molecule is CCC(N)C(O)(c1sccc1Br)C(F)(F)F. The molecule has 0 aliphatic carbocycles. The van der Waals surface area contributed by atoms with Gasteiger partial charge in [0.1, 0.15) is 0 Å². The summed E-state index contributed by atoms with van der Waals surface area (Å²) in [6.45, 7) is 1.50. The number of aliphatic hydroxyl groups is 1. The fraction of sp³-hybridized carbons (Fsp3) is 0.556. The van der Waals surface area contributed by atoms with Crippen LogP contribution in [0, 0.1) is 0 Å². The summed E-state index contributed by atoms with van der Waals surface area (Å²) in [6.07, 6.45) is -4.77. The van der Waals surface area contributed by atoms with E-state index in [1.165, 1.54) is 18.4 Å². The lowest BCUT2D eigenvalue weighted by atomic mass is 9.90. The molecule has 0 aliphatic rings. The predicted molar refractivity (Wildman–Crippen MR) is 60.2 cm³/mol. The Morgan fingerprint density at radius 2 is 2.12 bits per heavy atom. The average Bonchev–Trinajstić information content (AvgIpc) is 2.60. The van der Waals surface area contributed by atoms with Crippen molar-refractivity contribution in [1.82, 2.24) is 0 Å². The molecule has 0 spiro atoms. The van der Waals surface area contributed by atoms with Gasteiger partial charge < -0.3 is 10.8 Å². The Labute approximate surface area is 103 Å². The van der Waals surface area contributed by atoms with Gasteiger partial charge in [0.15, 0.2) is 0 Å². The highest BCUT2D eigenvalue weighted by Gasteiger charge is 2.59. The summed E-state index contributed by atoms with van der Waals surface area (Å²) in [5.74, 6) is 0. The molecule has 7 heteroatoms. The van der Waals surface area contributed by atoms with E-state index in [0.717, 1.165) is 11.3 Å². The van der Waals surface area contributed by atoms with Crippen LogP contribution in [-0.2, 0) is 5.60 Å². The molecule has 2 nitrogen and oxygen atoms in total. The van der Waals surface area contributed by atoms with E-state index in [9.17, 15) is 18.3 Å². The van der Waals surface area contributed by atoms with Crippen LogP contribution in [0.3, 0.4) is 0 Å². The molecule has 0 amide bonds. The molecule has 0 aromatic carbocycles. The van der Waals surface area contributed by atoms with Crippen molar-refractivity contribution < 1.29 is 18.3 Å². The topological polar surface area (TPSA) is 46.2 Å². The van der Waals surface area contributed by atoms with Crippen LogP contribution in [-0.4, -0.2) is 17.3 Å². The smallest absolute Gasteiger partial charge is 0.374 e. The second-order valence-electron chi connectivity index (χ2n) is 3.38. The number of nitrogens with two attached hydrogens (primary N) is 1. The van der Waals surface area contributed by atoms with Gasteiger partial charge in [-0.25, -0.2) is 0 Å². The Balaban J connectivity index is 3.32. The number of thiophene rings is 1. The standard InChI is InChI=1S/C9H11BrF3NOS/c1-2-6(14)8(15,9(11,12)13)7-5(10)3-4-16-7/h3-4,6,15H,2,14H2,1H3. The summed E-state index contributed by atoms with van der Waals surface area (Å²) in [5.41, 5.74) is 2.42. The van der Waals surface area contributed by atoms with Gasteiger partial charge in [0.25, 0.3) is 0 Å². The van der Waals surface area contributed by atoms with E-state index in [1.54, 1.807) is 0 Å². The second-order valence-corrected chi connectivity index (χ2v) is 5.15. The van der Waals surface area contributed by atoms with E-state index in [-0.39, 0.29) is 15.8 Å². The molecule has 16 heavy (non-hydrogen) atoms. The minimum atomic E-state index is -4.80. The summed E-state index contributed by atoms with van der Waals surface area (Å²) < 4.78 is 39.0. The van der Waals surface area contributed by atoms with Crippen LogP contribution in [0.15, 0.2) is 15.9 Å². The molecule has 0 saturated carbocycles. The molecule has 0 bridgehead atoms. The molecule has 0 aliphatic heterocycles. The third-order valence-electron chi connectivity index (χ3n) is 2.37. The summed E-state index contributed by atoms with van der Waals surface area (Å²) in [4.78, 5) is -0.200. The van der Waals surface area contributed by atoms with Gasteiger partial charge in [-0.1, -0.05) is 6.92 Å². The van der Waals surface area contributed by atoms with Crippen molar-refractivity contribution in [3.63, 3.8) is 0 Å². The first kappa shape index (κ1) is 14.0. The number of halogens is 4. The maximum Gasteiger partial charge on any atom is 0.423 e. The molecule has 2 atom stereocenters. The Morgan fingerprint density at radius 3 is 2.44 bits per heavy atom. The molecule has 1 aromatic rings. The molecule has 3 N–H and O–H groups in total. The molecule has 0 fully saturated rings. The third kappa shape index (κ3) is 2.13. The highest BCUT2D eigenvalue weighted by molar-refractivity contribution is 9.10. The monoisotopic (exact) mass is 317 g/mol. The van der Waals surface area contributed by atoms with Crippen LogP contribution in [0.5, 0.6) is 0 Å². The van der Waals surface area contributed by atoms with Crippen LogP contribution in [0.1, 0.15) is 18.2 Å². The van der Waals surface area contributed by atoms with E-state index in [0.29, 0.717) is 0 Å². The number of hydrogen-bond acceptors (Lipinski definition) is 3. The first-order valence-electron chi connectivity index (χ1n) is 4.53. The Morgan fingerprint density at radius 1 is 1.56 bits per heavy atom. The third-order valence-corrected chi connectivity index (χ3v) is 4.33. The lowest BCUT2D eigenvalue weighted by Gasteiger charge is -2.34. The fourth-order valence-corrected chi connectivity index (χ4v) is 3.23. The minimum Gasteiger partial charge on any atom is -0.374 e. The molecule has 0 saturated heterocycles. The summed E-state index contributed by atoms with van der Waals surface area (Å²) >= 11 is 3.82. The van der Waals surface area contributed by atoms with Gasteiger partial charge in [-0.2, -0.15) is 13.2 Å². The van der Waals surface area contributed by atoms with E-state index in [2.05, 4.69) is 15.9 Å². The number of rotatable bonds is 3.